The predicted molar refractivity (Wildman–Crippen MR) is 64.1 cm³/mol. The summed E-state index contributed by atoms with van der Waals surface area (Å²) in [6, 6.07) is 0. The van der Waals surface area contributed by atoms with Crippen molar-refractivity contribution in [1.29, 1.82) is 0 Å². The van der Waals surface area contributed by atoms with Crippen LogP contribution in [-0.4, -0.2) is 33.9 Å². The Kier molecular flexibility index (Phi) is 3.96. The predicted octanol–water partition coefficient (Wildman–Crippen LogP) is 1.12. The molecule has 17 heavy (non-hydrogen) atoms. The van der Waals surface area contributed by atoms with E-state index in [0.29, 0.717) is 19.0 Å². The molecule has 1 fully saturated rings. The highest BCUT2D eigenvalue weighted by atomic mass is 35.5. The summed E-state index contributed by atoms with van der Waals surface area (Å²) < 4.78 is 0. The van der Waals surface area contributed by atoms with E-state index in [0.717, 1.165) is 12.8 Å². The lowest BCUT2D eigenvalue weighted by atomic mass is 10.4. The Hall–Kier alpha value is -1.14. The molecule has 1 heterocycles. The Labute approximate surface area is 108 Å². The second-order valence-corrected chi connectivity index (χ2v) is 4.37. The van der Waals surface area contributed by atoms with E-state index in [1.54, 1.807) is 0 Å². The maximum atomic E-state index is 11.3. The molecule has 1 aromatic heterocycles. The SMILES string of the molecule is O=C(NCCNc1nc(Cl)nc(Cl)n1)C1CC1. The highest BCUT2D eigenvalue weighted by molar-refractivity contribution is 6.31. The van der Waals surface area contributed by atoms with E-state index in [2.05, 4.69) is 25.6 Å². The number of anilines is 1. The fourth-order valence-corrected chi connectivity index (χ4v) is 1.62. The van der Waals surface area contributed by atoms with Gasteiger partial charge in [-0.1, -0.05) is 0 Å². The van der Waals surface area contributed by atoms with Gasteiger partial charge in [-0.3, -0.25) is 4.79 Å². The Morgan fingerprint density at radius 3 is 2.41 bits per heavy atom. The molecule has 0 spiro atoms. The first-order valence-corrected chi connectivity index (χ1v) is 5.99. The van der Waals surface area contributed by atoms with E-state index in [-0.39, 0.29) is 22.4 Å². The zero-order valence-corrected chi connectivity index (χ0v) is 10.4. The third kappa shape index (κ3) is 3.98. The minimum Gasteiger partial charge on any atom is -0.354 e. The molecule has 1 amide bonds. The second kappa shape index (κ2) is 5.46. The average molecular weight is 276 g/mol. The highest BCUT2D eigenvalue weighted by Crippen LogP contribution is 2.28. The van der Waals surface area contributed by atoms with E-state index in [1.165, 1.54) is 0 Å². The highest BCUT2D eigenvalue weighted by Gasteiger charge is 2.28. The maximum absolute atomic E-state index is 11.3. The van der Waals surface area contributed by atoms with Crippen molar-refractivity contribution in [3.63, 3.8) is 0 Å². The number of rotatable bonds is 5. The molecule has 2 rings (SSSR count). The number of carbonyl (C=O) groups is 1. The van der Waals surface area contributed by atoms with Crippen LogP contribution in [-0.2, 0) is 4.79 Å². The van der Waals surface area contributed by atoms with Crippen LogP contribution in [0.25, 0.3) is 0 Å². The monoisotopic (exact) mass is 275 g/mol. The van der Waals surface area contributed by atoms with Crippen molar-refractivity contribution < 1.29 is 4.79 Å². The van der Waals surface area contributed by atoms with Gasteiger partial charge in [-0.25, -0.2) is 0 Å². The molecule has 0 atom stereocenters. The third-order valence-corrected chi connectivity index (χ3v) is 2.57. The van der Waals surface area contributed by atoms with Crippen LogP contribution in [0.5, 0.6) is 0 Å². The molecule has 0 unspecified atom stereocenters. The first kappa shape index (κ1) is 12.3. The van der Waals surface area contributed by atoms with Gasteiger partial charge in [0, 0.05) is 19.0 Å². The molecular weight excluding hydrogens is 265 g/mol. The summed E-state index contributed by atoms with van der Waals surface area (Å²) in [6.45, 7) is 1.02. The lowest BCUT2D eigenvalue weighted by Crippen LogP contribution is -2.30. The normalized spacial score (nSPS) is 14.5. The van der Waals surface area contributed by atoms with E-state index in [1.807, 2.05) is 0 Å². The molecular formula is C9H11Cl2N5O. The molecule has 0 aliphatic heterocycles. The van der Waals surface area contributed by atoms with Crippen LogP contribution in [0.15, 0.2) is 0 Å². The lowest BCUT2D eigenvalue weighted by molar-refractivity contribution is -0.122. The molecule has 0 radical (unpaired) electrons. The molecule has 92 valence electrons. The molecule has 6 nitrogen and oxygen atoms in total. The summed E-state index contributed by atoms with van der Waals surface area (Å²) in [5, 5.41) is 5.77. The van der Waals surface area contributed by atoms with Gasteiger partial charge in [0.2, 0.25) is 22.4 Å². The van der Waals surface area contributed by atoms with E-state index in [4.69, 9.17) is 23.2 Å². The average Bonchev–Trinajstić information content (AvgIpc) is 3.06. The van der Waals surface area contributed by atoms with Crippen LogP contribution in [0.2, 0.25) is 10.6 Å². The number of hydrogen-bond acceptors (Lipinski definition) is 5. The molecule has 1 saturated carbocycles. The number of halogens is 2. The molecule has 1 aliphatic carbocycles. The van der Waals surface area contributed by atoms with Crippen molar-refractivity contribution in [1.82, 2.24) is 20.3 Å². The third-order valence-electron chi connectivity index (χ3n) is 2.24. The van der Waals surface area contributed by atoms with Crippen molar-refractivity contribution in [2.45, 2.75) is 12.8 Å². The minimum absolute atomic E-state index is 0.0366. The fourth-order valence-electron chi connectivity index (χ4n) is 1.25. The van der Waals surface area contributed by atoms with Crippen molar-refractivity contribution in [3.05, 3.63) is 10.6 Å². The van der Waals surface area contributed by atoms with Crippen molar-refractivity contribution in [2.24, 2.45) is 5.92 Å². The zero-order valence-electron chi connectivity index (χ0n) is 8.91. The number of nitrogens with one attached hydrogen (secondary N) is 2. The molecule has 2 N–H and O–H groups in total. The Morgan fingerprint density at radius 2 is 1.82 bits per heavy atom. The van der Waals surface area contributed by atoms with Crippen LogP contribution in [0.1, 0.15) is 12.8 Å². The largest absolute Gasteiger partial charge is 0.354 e. The smallest absolute Gasteiger partial charge is 0.228 e. The molecule has 1 aliphatic rings. The van der Waals surface area contributed by atoms with Gasteiger partial charge >= 0.3 is 0 Å². The van der Waals surface area contributed by atoms with Gasteiger partial charge in [0.05, 0.1) is 0 Å². The first-order chi connectivity index (χ1) is 8.15. The summed E-state index contributed by atoms with van der Waals surface area (Å²) in [4.78, 5) is 22.6. The Morgan fingerprint density at radius 1 is 1.18 bits per heavy atom. The number of aromatic nitrogens is 3. The molecule has 8 heteroatoms. The van der Waals surface area contributed by atoms with Crippen LogP contribution in [0.4, 0.5) is 5.95 Å². The van der Waals surface area contributed by atoms with Crippen molar-refractivity contribution in [3.8, 4) is 0 Å². The van der Waals surface area contributed by atoms with Gasteiger partial charge in [-0.2, -0.15) is 15.0 Å². The summed E-state index contributed by atoms with van der Waals surface area (Å²) in [5.74, 6) is 0.630. The second-order valence-electron chi connectivity index (χ2n) is 3.69. The van der Waals surface area contributed by atoms with Gasteiger partial charge in [0.15, 0.2) is 0 Å². The van der Waals surface area contributed by atoms with Gasteiger partial charge in [0.25, 0.3) is 0 Å². The number of carbonyl (C=O) groups excluding carboxylic acids is 1. The van der Waals surface area contributed by atoms with Gasteiger partial charge in [-0.05, 0) is 36.0 Å². The van der Waals surface area contributed by atoms with Crippen molar-refractivity contribution >= 4 is 35.1 Å². The molecule has 1 aromatic rings. The Bertz CT molecular complexity index is 404. The minimum atomic E-state index is 0.0366. The van der Waals surface area contributed by atoms with Gasteiger partial charge in [0.1, 0.15) is 0 Å². The summed E-state index contributed by atoms with van der Waals surface area (Å²) >= 11 is 11.2. The maximum Gasteiger partial charge on any atom is 0.228 e. The van der Waals surface area contributed by atoms with Gasteiger partial charge < -0.3 is 10.6 Å². The number of amides is 1. The Balaban J connectivity index is 1.71. The molecule has 0 bridgehead atoms. The van der Waals surface area contributed by atoms with Crippen LogP contribution >= 0.6 is 23.2 Å². The lowest BCUT2D eigenvalue weighted by Gasteiger charge is -2.06. The topological polar surface area (TPSA) is 79.8 Å². The standard InChI is InChI=1S/C9H11Cl2N5O/c10-7-14-8(11)16-9(15-7)13-4-3-12-6(17)5-1-2-5/h5H,1-4H2,(H,12,17)(H,13,14,15,16). The van der Waals surface area contributed by atoms with Crippen LogP contribution < -0.4 is 10.6 Å². The van der Waals surface area contributed by atoms with Crippen LogP contribution in [0, 0.1) is 5.92 Å². The quantitative estimate of drug-likeness (QED) is 0.788. The zero-order chi connectivity index (χ0) is 12.3. The summed E-state index contributed by atoms with van der Waals surface area (Å²) in [7, 11) is 0. The summed E-state index contributed by atoms with van der Waals surface area (Å²) in [6.07, 6.45) is 2.00. The fraction of sp³-hybridized carbons (Fsp3) is 0.556. The van der Waals surface area contributed by atoms with E-state index < -0.39 is 0 Å². The van der Waals surface area contributed by atoms with Gasteiger partial charge in [-0.15, -0.1) is 0 Å². The number of hydrogen-bond donors (Lipinski definition) is 2. The van der Waals surface area contributed by atoms with Crippen LogP contribution in [0.3, 0.4) is 0 Å². The van der Waals surface area contributed by atoms with E-state index >= 15 is 0 Å². The summed E-state index contributed by atoms with van der Waals surface area (Å²) in [5.41, 5.74) is 0. The van der Waals surface area contributed by atoms with E-state index in [9.17, 15) is 4.79 Å². The van der Waals surface area contributed by atoms with Crippen molar-refractivity contribution in [2.75, 3.05) is 18.4 Å². The number of nitrogens with zero attached hydrogens (tertiary/aromatic N) is 3. The molecule has 0 aromatic carbocycles. The molecule has 0 saturated heterocycles. The first-order valence-electron chi connectivity index (χ1n) is 5.24.